The Labute approximate surface area is 109 Å². The van der Waals surface area contributed by atoms with E-state index in [-0.39, 0.29) is 9.08 Å². The summed E-state index contributed by atoms with van der Waals surface area (Å²) < 4.78 is 0.769. The first-order valence-corrected chi connectivity index (χ1v) is 7.12. The maximum atomic E-state index is 10.1. The van der Waals surface area contributed by atoms with Crippen molar-refractivity contribution >= 4 is 45.2 Å². The van der Waals surface area contributed by atoms with Crippen molar-refractivity contribution in [2.75, 3.05) is 4.43 Å². The molecule has 4 heteroatoms. The van der Waals surface area contributed by atoms with Crippen LogP contribution in [0.15, 0.2) is 0 Å². The van der Waals surface area contributed by atoms with Crippen LogP contribution in [0.3, 0.4) is 0 Å². The zero-order valence-electron chi connectivity index (χ0n) is 8.77. The van der Waals surface area contributed by atoms with Crippen LogP contribution in [0.25, 0.3) is 0 Å². The third kappa shape index (κ3) is 4.17. The minimum Gasteiger partial charge on any atom is -0.312 e. The predicted molar refractivity (Wildman–Crippen MR) is 73.9 cm³/mol. The highest BCUT2D eigenvalue weighted by Gasteiger charge is 2.37. The lowest BCUT2D eigenvalue weighted by atomic mass is 10.0. The number of rotatable bonds is 5. The summed E-state index contributed by atoms with van der Waals surface area (Å²) in [6.07, 6.45) is 2.10. The predicted octanol–water partition coefficient (Wildman–Crippen LogP) is 3.84. The van der Waals surface area contributed by atoms with Gasteiger partial charge in [0.05, 0.1) is 9.08 Å². The van der Waals surface area contributed by atoms with E-state index in [1.54, 1.807) is 0 Å². The summed E-state index contributed by atoms with van der Waals surface area (Å²) in [5.74, 6) is 0. The molecule has 1 unspecified atom stereocenters. The molecule has 0 rings (SSSR count). The molecule has 2 nitrogen and oxygen atoms in total. The molecule has 0 saturated carbocycles. The van der Waals surface area contributed by atoms with E-state index in [2.05, 4.69) is 72.9 Å². The summed E-state index contributed by atoms with van der Waals surface area (Å²) >= 11 is 4.63. The van der Waals surface area contributed by atoms with Gasteiger partial charge in [0.1, 0.15) is 0 Å². The number of hydrogen-bond donors (Lipinski definition) is 1. The van der Waals surface area contributed by atoms with Crippen molar-refractivity contribution in [2.24, 2.45) is 0 Å². The number of hydroxylamine groups is 2. The van der Waals surface area contributed by atoms with E-state index < -0.39 is 0 Å². The van der Waals surface area contributed by atoms with Crippen LogP contribution in [0.5, 0.6) is 0 Å². The van der Waals surface area contributed by atoms with Crippen LogP contribution < -0.4 is 0 Å². The molecule has 0 fully saturated rings. The third-order valence-electron chi connectivity index (χ3n) is 2.05. The molecule has 0 saturated heterocycles. The lowest BCUT2D eigenvalue weighted by molar-refractivity contribution is -0.187. The first kappa shape index (κ1) is 14.4. The van der Waals surface area contributed by atoms with Gasteiger partial charge in [0, 0.05) is 4.43 Å². The van der Waals surface area contributed by atoms with Gasteiger partial charge in [-0.3, -0.25) is 0 Å². The van der Waals surface area contributed by atoms with Gasteiger partial charge in [-0.15, -0.1) is 0 Å². The van der Waals surface area contributed by atoms with Gasteiger partial charge in [0.2, 0.25) is 0 Å². The summed E-state index contributed by atoms with van der Waals surface area (Å²) in [6, 6.07) is 0. The molecule has 0 aliphatic heterocycles. The molecule has 0 spiro atoms. The number of halogens is 2. The van der Waals surface area contributed by atoms with Gasteiger partial charge in [-0.05, 0) is 27.2 Å². The van der Waals surface area contributed by atoms with Crippen molar-refractivity contribution in [1.29, 1.82) is 0 Å². The molecule has 13 heavy (non-hydrogen) atoms. The van der Waals surface area contributed by atoms with E-state index in [0.29, 0.717) is 0 Å². The average Bonchev–Trinajstić information content (AvgIpc) is 2.03. The Hall–Kier alpha value is 1.38. The van der Waals surface area contributed by atoms with Crippen molar-refractivity contribution < 1.29 is 5.21 Å². The Morgan fingerprint density at radius 2 is 1.77 bits per heavy atom. The molecule has 0 aliphatic rings. The molecule has 1 N–H and O–H groups in total. The summed E-state index contributed by atoms with van der Waals surface area (Å²) in [5, 5.41) is 11.6. The van der Waals surface area contributed by atoms with Crippen LogP contribution in [0.1, 0.15) is 40.5 Å². The number of hydrogen-bond acceptors (Lipinski definition) is 2. The quantitative estimate of drug-likeness (QED) is 0.322. The zero-order chi connectivity index (χ0) is 10.7. The molecule has 0 radical (unpaired) electrons. The molecular formula is C9H19I2NO. The summed E-state index contributed by atoms with van der Waals surface area (Å²) in [7, 11) is 0. The fourth-order valence-corrected chi connectivity index (χ4v) is 2.77. The Balaban J connectivity index is 4.47. The second kappa shape index (κ2) is 5.46. The molecule has 1 atom stereocenters. The van der Waals surface area contributed by atoms with Crippen LogP contribution in [-0.2, 0) is 0 Å². The maximum absolute atomic E-state index is 10.1. The third-order valence-corrected chi connectivity index (χ3v) is 4.91. The molecule has 0 aromatic carbocycles. The van der Waals surface area contributed by atoms with E-state index in [0.717, 1.165) is 17.3 Å². The summed E-state index contributed by atoms with van der Waals surface area (Å²) in [5.41, 5.74) is -0.147. The summed E-state index contributed by atoms with van der Waals surface area (Å²) in [4.78, 5) is 0. The standard InChI is InChI=1S/C9H19I2NO/c1-5-6-9(4,11)12(13)8(2,3)7-10/h13H,5-7H2,1-4H3. The van der Waals surface area contributed by atoms with Gasteiger partial charge in [0.25, 0.3) is 0 Å². The van der Waals surface area contributed by atoms with E-state index in [4.69, 9.17) is 0 Å². The van der Waals surface area contributed by atoms with Crippen LogP contribution in [0, 0.1) is 0 Å². The first-order valence-electron chi connectivity index (χ1n) is 4.52. The zero-order valence-corrected chi connectivity index (χ0v) is 13.1. The van der Waals surface area contributed by atoms with Crippen molar-refractivity contribution in [2.45, 2.75) is 49.6 Å². The lowest BCUT2D eigenvalue weighted by Crippen LogP contribution is -2.52. The Morgan fingerprint density at radius 3 is 2.08 bits per heavy atom. The first-order chi connectivity index (χ1) is 5.78. The van der Waals surface area contributed by atoms with Crippen LogP contribution >= 0.6 is 45.2 Å². The van der Waals surface area contributed by atoms with E-state index in [1.807, 2.05) is 0 Å². The molecule has 0 aromatic heterocycles. The minimum absolute atomic E-state index is 0.147. The molecule has 0 bridgehead atoms. The molecule has 0 aliphatic carbocycles. The fraction of sp³-hybridized carbons (Fsp3) is 1.00. The van der Waals surface area contributed by atoms with Crippen molar-refractivity contribution in [3.8, 4) is 0 Å². The Morgan fingerprint density at radius 1 is 1.31 bits per heavy atom. The van der Waals surface area contributed by atoms with Gasteiger partial charge >= 0.3 is 0 Å². The van der Waals surface area contributed by atoms with Crippen molar-refractivity contribution in [1.82, 2.24) is 5.06 Å². The van der Waals surface area contributed by atoms with Gasteiger partial charge in [-0.2, -0.15) is 5.06 Å². The number of nitrogens with zero attached hydrogens (tertiary/aromatic N) is 1. The molecule has 80 valence electrons. The lowest BCUT2D eigenvalue weighted by Gasteiger charge is -2.41. The van der Waals surface area contributed by atoms with Gasteiger partial charge in [-0.1, -0.05) is 58.5 Å². The van der Waals surface area contributed by atoms with Gasteiger partial charge in [0.15, 0.2) is 0 Å². The van der Waals surface area contributed by atoms with Gasteiger partial charge < -0.3 is 5.21 Å². The van der Waals surface area contributed by atoms with E-state index in [9.17, 15) is 5.21 Å². The minimum atomic E-state index is -0.152. The highest BCUT2D eigenvalue weighted by atomic mass is 127. The monoisotopic (exact) mass is 411 g/mol. The smallest absolute Gasteiger partial charge is 0.0948 e. The SMILES string of the molecule is CCCC(C)(I)N(O)C(C)(C)CI. The molecule has 0 aromatic rings. The second-order valence-electron chi connectivity index (χ2n) is 4.15. The molecular weight excluding hydrogens is 392 g/mol. The fourth-order valence-electron chi connectivity index (χ4n) is 1.25. The molecule has 0 amide bonds. The topological polar surface area (TPSA) is 23.5 Å². The Kier molecular flexibility index (Phi) is 6.04. The molecule has 0 heterocycles. The van der Waals surface area contributed by atoms with E-state index in [1.165, 1.54) is 5.06 Å². The average molecular weight is 411 g/mol. The van der Waals surface area contributed by atoms with E-state index >= 15 is 0 Å². The normalized spacial score (nSPS) is 17.5. The maximum Gasteiger partial charge on any atom is 0.0948 e. The number of alkyl halides is 2. The van der Waals surface area contributed by atoms with Crippen molar-refractivity contribution in [3.05, 3.63) is 0 Å². The van der Waals surface area contributed by atoms with Crippen LogP contribution in [0.2, 0.25) is 0 Å². The highest BCUT2D eigenvalue weighted by molar-refractivity contribution is 14.1. The second-order valence-corrected chi connectivity index (χ2v) is 7.24. The van der Waals surface area contributed by atoms with Crippen LogP contribution in [-0.4, -0.2) is 23.8 Å². The van der Waals surface area contributed by atoms with Crippen LogP contribution in [0.4, 0.5) is 0 Å². The largest absolute Gasteiger partial charge is 0.312 e. The summed E-state index contributed by atoms with van der Waals surface area (Å²) in [6.45, 7) is 8.34. The van der Waals surface area contributed by atoms with Crippen molar-refractivity contribution in [3.63, 3.8) is 0 Å². The highest BCUT2D eigenvalue weighted by Crippen LogP contribution is 2.33. The van der Waals surface area contributed by atoms with Gasteiger partial charge in [-0.25, -0.2) is 0 Å². The Bertz CT molecular complexity index is 160.